The Labute approximate surface area is 55.4 Å². The highest BCUT2D eigenvalue weighted by molar-refractivity contribution is 7.46. The largest absolute Gasteiger partial charge is 0.472 e. The Morgan fingerprint density at radius 1 is 1.60 bits per heavy atom. The molecule has 0 aromatic heterocycles. The number of halogens is 2. The molecule has 0 aliphatic rings. The first-order chi connectivity index (χ1) is 4.45. The maximum atomic E-state index is 11.9. The van der Waals surface area contributed by atoms with E-state index in [-0.39, 0.29) is 12.4 Å². The third-order valence-corrected chi connectivity index (χ3v) is 0.938. The zero-order valence-electron chi connectivity index (χ0n) is 4.65. The van der Waals surface area contributed by atoms with Gasteiger partial charge in [0.05, 0.1) is 6.33 Å². The normalized spacial score (nSPS) is 16.0. The molecule has 0 aliphatic heterocycles. The van der Waals surface area contributed by atoms with Crippen LogP contribution in [-0.2, 0) is 9.09 Å². The predicted octanol–water partition coefficient (Wildman–Crippen LogP) is 0.874. The number of hydrogen-bond donors (Lipinski definition) is 2. The second kappa shape index (κ2) is 3.78. The van der Waals surface area contributed by atoms with Crippen molar-refractivity contribution in [1.29, 1.82) is 0 Å². The van der Waals surface area contributed by atoms with Gasteiger partial charge in [0.15, 0.2) is 0 Å². The summed E-state index contributed by atoms with van der Waals surface area (Å²) >= 11 is 0. The molecule has 0 rings (SSSR count). The minimum atomic E-state index is -4.84. The number of phosphoric acid groups is 1. The van der Waals surface area contributed by atoms with Gasteiger partial charge in [-0.05, 0) is 0 Å². The van der Waals surface area contributed by atoms with E-state index in [0.29, 0.717) is 0 Å². The van der Waals surface area contributed by atoms with E-state index in [1.807, 2.05) is 0 Å². The molecule has 0 aliphatic carbocycles. The van der Waals surface area contributed by atoms with Gasteiger partial charge < -0.3 is 9.79 Å². The lowest BCUT2D eigenvalue weighted by Gasteiger charge is -2.04. The Kier molecular flexibility index (Phi) is 3.67. The van der Waals surface area contributed by atoms with Gasteiger partial charge in [-0.25, -0.2) is 17.9 Å². The molecule has 2 N–H and O–H groups in total. The maximum absolute atomic E-state index is 11.9. The van der Waals surface area contributed by atoms with Crippen molar-refractivity contribution < 1.29 is 27.7 Å². The number of phosphoric ester groups is 1. The standard InChI is InChI=1S/C3H5F2O4P/c4-2-1-3(5)9-10(6,7)8/h1-3H,(H2,6,7,8). The number of hydrogen-bond acceptors (Lipinski definition) is 2. The van der Waals surface area contributed by atoms with E-state index < -0.39 is 14.2 Å². The van der Waals surface area contributed by atoms with Crippen LogP contribution in [0.2, 0.25) is 0 Å². The number of alkyl halides is 1. The van der Waals surface area contributed by atoms with E-state index in [4.69, 9.17) is 9.79 Å². The summed E-state index contributed by atoms with van der Waals surface area (Å²) in [6.45, 7) is 0. The SMILES string of the molecule is O=P(O)(O)OC(F)C=CF. The van der Waals surface area contributed by atoms with E-state index in [9.17, 15) is 13.3 Å². The van der Waals surface area contributed by atoms with Gasteiger partial charge in [0.25, 0.3) is 0 Å². The first kappa shape index (κ1) is 9.71. The van der Waals surface area contributed by atoms with E-state index >= 15 is 0 Å². The topological polar surface area (TPSA) is 66.8 Å². The maximum Gasteiger partial charge on any atom is 0.472 e. The summed E-state index contributed by atoms with van der Waals surface area (Å²) in [6, 6.07) is 0. The molecule has 60 valence electrons. The second-order valence-corrected chi connectivity index (χ2v) is 2.46. The molecule has 0 radical (unpaired) electrons. The van der Waals surface area contributed by atoms with Crippen molar-refractivity contribution in [3.63, 3.8) is 0 Å². The summed E-state index contributed by atoms with van der Waals surface area (Å²) < 4.78 is 36.1. The fourth-order valence-corrected chi connectivity index (χ4v) is 0.556. The van der Waals surface area contributed by atoms with Gasteiger partial charge in [-0.3, -0.25) is 0 Å². The van der Waals surface area contributed by atoms with Gasteiger partial charge >= 0.3 is 7.82 Å². The van der Waals surface area contributed by atoms with Crippen LogP contribution in [0.4, 0.5) is 8.78 Å². The van der Waals surface area contributed by atoms with Gasteiger partial charge in [-0.1, -0.05) is 0 Å². The monoisotopic (exact) mass is 174 g/mol. The minimum absolute atomic E-state index is 0.208. The van der Waals surface area contributed by atoms with Crippen molar-refractivity contribution in [2.75, 3.05) is 0 Å². The molecule has 0 saturated carbocycles. The molecule has 0 aromatic carbocycles. The molecule has 1 unspecified atom stereocenters. The van der Waals surface area contributed by atoms with Gasteiger partial charge in [-0.2, -0.15) is 0 Å². The van der Waals surface area contributed by atoms with Crippen LogP contribution in [-0.4, -0.2) is 16.1 Å². The van der Waals surface area contributed by atoms with Crippen molar-refractivity contribution in [2.24, 2.45) is 0 Å². The van der Waals surface area contributed by atoms with Crippen molar-refractivity contribution in [3.05, 3.63) is 12.4 Å². The Bertz CT molecular complexity index is 164. The van der Waals surface area contributed by atoms with E-state index in [0.717, 1.165) is 0 Å². The third-order valence-electron chi connectivity index (χ3n) is 0.462. The Hall–Kier alpha value is -0.290. The van der Waals surface area contributed by atoms with E-state index in [2.05, 4.69) is 4.52 Å². The average molecular weight is 174 g/mol. The predicted molar refractivity (Wildman–Crippen MR) is 28.3 cm³/mol. The molecule has 0 heterocycles. The lowest BCUT2D eigenvalue weighted by atomic mass is 10.7. The fraction of sp³-hybridized carbons (Fsp3) is 0.333. The van der Waals surface area contributed by atoms with E-state index in [1.54, 1.807) is 0 Å². The van der Waals surface area contributed by atoms with Gasteiger partial charge in [-0.15, -0.1) is 0 Å². The molecule has 0 fully saturated rings. The third kappa shape index (κ3) is 5.84. The molecule has 4 nitrogen and oxygen atoms in total. The van der Waals surface area contributed by atoms with Gasteiger partial charge in [0.2, 0.25) is 6.36 Å². The smallest absolute Gasteiger partial charge is 0.303 e. The summed E-state index contributed by atoms with van der Waals surface area (Å²) in [5, 5.41) is 0. The molecule has 10 heavy (non-hydrogen) atoms. The fourth-order valence-electron chi connectivity index (χ4n) is 0.224. The summed E-state index contributed by atoms with van der Waals surface area (Å²) in [7, 11) is -4.84. The zero-order chi connectivity index (χ0) is 8.20. The highest BCUT2D eigenvalue weighted by atomic mass is 31.2. The summed E-state index contributed by atoms with van der Waals surface area (Å²) in [5.41, 5.74) is 0. The number of rotatable bonds is 3. The molecule has 0 bridgehead atoms. The zero-order valence-corrected chi connectivity index (χ0v) is 5.54. The van der Waals surface area contributed by atoms with Gasteiger partial charge in [0, 0.05) is 6.08 Å². The molecule has 0 saturated heterocycles. The molecule has 7 heteroatoms. The average Bonchev–Trinajstić information content (AvgIpc) is 1.59. The van der Waals surface area contributed by atoms with Crippen LogP contribution in [0.5, 0.6) is 0 Å². The van der Waals surface area contributed by atoms with Crippen LogP contribution in [0.25, 0.3) is 0 Å². The first-order valence-electron chi connectivity index (χ1n) is 2.10. The molecule has 0 spiro atoms. The molecule has 1 atom stereocenters. The van der Waals surface area contributed by atoms with Crippen molar-refractivity contribution in [2.45, 2.75) is 6.36 Å². The molecule has 0 amide bonds. The van der Waals surface area contributed by atoms with Crippen LogP contribution < -0.4 is 0 Å². The molecule has 0 aromatic rings. The lowest BCUT2D eigenvalue weighted by Crippen LogP contribution is -1.99. The first-order valence-corrected chi connectivity index (χ1v) is 3.63. The van der Waals surface area contributed by atoms with E-state index in [1.165, 1.54) is 0 Å². The van der Waals surface area contributed by atoms with Crippen LogP contribution >= 0.6 is 7.82 Å². The molecular weight excluding hydrogens is 169 g/mol. The van der Waals surface area contributed by atoms with Crippen LogP contribution in [0.3, 0.4) is 0 Å². The summed E-state index contributed by atoms with van der Waals surface area (Å²) in [4.78, 5) is 15.8. The van der Waals surface area contributed by atoms with Crippen LogP contribution in [0, 0.1) is 0 Å². The Morgan fingerprint density at radius 2 is 2.10 bits per heavy atom. The van der Waals surface area contributed by atoms with Crippen molar-refractivity contribution >= 4 is 7.82 Å². The Balaban J connectivity index is 3.80. The minimum Gasteiger partial charge on any atom is -0.303 e. The van der Waals surface area contributed by atoms with Crippen molar-refractivity contribution in [1.82, 2.24) is 0 Å². The van der Waals surface area contributed by atoms with Crippen LogP contribution in [0.15, 0.2) is 12.4 Å². The van der Waals surface area contributed by atoms with Gasteiger partial charge in [0.1, 0.15) is 0 Å². The highest BCUT2D eigenvalue weighted by Crippen LogP contribution is 2.37. The lowest BCUT2D eigenvalue weighted by molar-refractivity contribution is 0.0721. The Morgan fingerprint density at radius 3 is 2.40 bits per heavy atom. The molecular formula is C3H5F2O4P. The summed E-state index contributed by atoms with van der Waals surface area (Å²) in [6.07, 6.45) is -2.40. The van der Waals surface area contributed by atoms with Crippen LogP contribution in [0.1, 0.15) is 0 Å². The second-order valence-electron chi connectivity index (χ2n) is 1.27. The quantitative estimate of drug-likeness (QED) is 0.623. The summed E-state index contributed by atoms with van der Waals surface area (Å²) in [5.74, 6) is 0. The highest BCUT2D eigenvalue weighted by Gasteiger charge is 2.19. The van der Waals surface area contributed by atoms with Crippen molar-refractivity contribution in [3.8, 4) is 0 Å².